The van der Waals surface area contributed by atoms with Gasteiger partial charge in [0.25, 0.3) is 0 Å². The fourth-order valence-electron chi connectivity index (χ4n) is 1.23. The van der Waals surface area contributed by atoms with Crippen molar-refractivity contribution >= 4 is 5.97 Å². The summed E-state index contributed by atoms with van der Waals surface area (Å²) in [5.74, 6) is -1.84. The number of alkyl halides is 2. The first-order valence-corrected chi connectivity index (χ1v) is 4.48. The van der Waals surface area contributed by atoms with E-state index in [1.54, 1.807) is 0 Å². The van der Waals surface area contributed by atoms with Gasteiger partial charge in [-0.15, -0.1) is 0 Å². The van der Waals surface area contributed by atoms with Crippen molar-refractivity contribution in [3.63, 3.8) is 0 Å². The van der Waals surface area contributed by atoms with E-state index in [9.17, 15) is 18.7 Å². The monoisotopic (exact) mass is 232 g/mol. The van der Waals surface area contributed by atoms with Crippen molar-refractivity contribution in [2.24, 2.45) is 0 Å². The molecule has 2 N–H and O–H groups in total. The number of rotatable bonds is 5. The molecule has 0 aromatic heterocycles. The molecule has 0 heterocycles. The van der Waals surface area contributed by atoms with E-state index in [1.165, 1.54) is 18.2 Å². The number of carboxylic acids is 1. The number of aromatic hydroxyl groups is 1. The Balaban J connectivity index is 2.89. The van der Waals surface area contributed by atoms with Crippen molar-refractivity contribution in [1.29, 1.82) is 0 Å². The van der Waals surface area contributed by atoms with Gasteiger partial charge in [-0.2, -0.15) is 8.78 Å². The van der Waals surface area contributed by atoms with Crippen LogP contribution in [0.2, 0.25) is 0 Å². The number of carboxylic acid groups (broad SMARTS) is 1. The van der Waals surface area contributed by atoms with Crippen molar-refractivity contribution in [3.05, 3.63) is 23.8 Å². The Labute approximate surface area is 90.1 Å². The highest BCUT2D eigenvalue weighted by molar-refractivity contribution is 5.67. The van der Waals surface area contributed by atoms with E-state index in [0.29, 0.717) is 0 Å². The molecule has 0 saturated heterocycles. The Morgan fingerprint density at radius 2 is 2.12 bits per heavy atom. The molecular weight excluding hydrogens is 222 g/mol. The summed E-state index contributed by atoms with van der Waals surface area (Å²) in [6.07, 6.45) is -0.200. The zero-order valence-electron chi connectivity index (χ0n) is 8.19. The molecule has 0 amide bonds. The second-order valence-electron chi connectivity index (χ2n) is 3.04. The lowest BCUT2D eigenvalue weighted by Gasteiger charge is -2.11. The van der Waals surface area contributed by atoms with Gasteiger partial charge in [-0.25, -0.2) is 0 Å². The number of hydrogen-bond acceptors (Lipinski definition) is 3. The third-order valence-electron chi connectivity index (χ3n) is 1.89. The maximum absolute atomic E-state index is 12.0. The Kier molecular flexibility index (Phi) is 4.04. The quantitative estimate of drug-likeness (QED) is 0.814. The molecule has 0 spiro atoms. The third kappa shape index (κ3) is 3.38. The van der Waals surface area contributed by atoms with Crippen LogP contribution >= 0.6 is 0 Å². The fraction of sp³-hybridized carbons (Fsp3) is 0.300. The number of hydrogen-bond donors (Lipinski definition) is 2. The second-order valence-corrected chi connectivity index (χ2v) is 3.04. The van der Waals surface area contributed by atoms with Crippen molar-refractivity contribution in [1.82, 2.24) is 0 Å². The first kappa shape index (κ1) is 12.2. The molecule has 1 aromatic rings. The number of carbonyl (C=O) groups is 1. The molecule has 0 unspecified atom stereocenters. The number of benzene rings is 1. The summed E-state index contributed by atoms with van der Waals surface area (Å²) in [5.41, 5.74) is 0.239. The second kappa shape index (κ2) is 5.29. The van der Waals surface area contributed by atoms with E-state index < -0.39 is 18.3 Å². The predicted octanol–water partition coefficient (Wildman–Crippen LogP) is 2.01. The lowest BCUT2D eigenvalue weighted by molar-refractivity contribution is -0.136. The number of phenols is 1. The summed E-state index contributed by atoms with van der Waals surface area (Å²) < 4.78 is 28.2. The smallest absolute Gasteiger partial charge is 0.387 e. The Morgan fingerprint density at radius 1 is 1.44 bits per heavy atom. The van der Waals surface area contributed by atoms with Crippen LogP contribution in [0.4, 0.5) is 8.78 Å². The third-order valence-corrected chi connectivity index (χ3v) is 1.89. The van der Waals surface area contributed by atoms with Gasteiger partial charge in [0.1, 0.15) is 0 Å². The van der Waals surface area contributed by atoms with Gasteiger partial charge in [0.2, 0.25) is 0 Å². The molecule has 0 saturated carbocycles. The minimum Gasteiger partial charge on any atom is -0.504 e. The summed E-state index contributed by atoms with van der Waals surface area (Å²) in [7, 11) is 0. The standard InChI is InChI=1S/C10H10F2O4/c11-10(12)16-9-6(4-5-8(14)15)2-1-3-7(9)13/h1-3,10,13H,4-5H2,(H,14,15). The van der Waals surface area contributed by atoms with Crippen molar-refractivity contribution < 1.29 is 28.5 Å². The van der Waals surface area contributed by atoms with Crippen molar-refractivity contribution in [2.75, 3.05) is 0 Å². The van der Waals surface area contributed by atoms with Gasteiger partial charge in [-0.05, 0) is 18.1 Å². The molecule has 0 radical (unpaired) electrons. The molecule has 88 valence electrons. The summed E-state index contributed by atoms with van der Waals surface area (Å²) in [5, 5.41) is 17.8. The largest absolute Gasteiger partial charge is 0.504 e. The zero-order valence-corrected chi connectivity index (χ0v) is 8.19. The molecule has 0 aliphatic heterocycles. The Bertz CT molecular complexity index is 379. The summed E-state index contributed by atoms with van der Waals surface area (Å²) in [6.45, 7) is -3.06. The number of phenolic OH excluding ortho intramolecular Hbond substituents is 1. The highest BCUT2D eigenvalue weighted by Crippen LogP contribution is 2.32. The van der Waals surface area contributed by atoms with E-state index >= 15 is 0 Å². The highest BCUT2D eigenvalue weighted by atomic mass is 19.3. The topological polar surface area (TPSA) is 66.8 Å². The first-order chi connectivity index (χ1) is 7.50. The molecule has 6 heteroatoms. The maximum atomic E-state index is 12.0. The van der Waals surface area contributed by atoms with Gasteiger partial charge in [-0.3, -0.25) is 4.79 Å². The molecule has 1 aromatic carbocycles. The molecule has 0 aliphatic carbocycles. The van der Waals surface area contributed by atoms with E-state index in [0.717, 1.165) is 0 Å². The van der Waals surface area contributed by atoms with Crippen LogP contribution in [0, 0.1) is 0 Å². The van der Waals surface area contributed by atoms with Gasteiger partial charge < -0.3 is 14.9 Å². The SMILES string of the molecule is O=C(O)CCc1cccc(O)c1OC(F)F. The molecule has 16 heavy (non-hydrogen) atoms. The highest BCUT2D eigenvalue weighted by Gasteiger charge is 2.14. The summed E-state index contributed by atoms with van der Waals surface area (Å²) in [6, 6.07) is 4.06. The van der Waals surface area contributed by atoms with Crippen LogP contribution in [-0.4, -0.2) is 22.8 Å². The van der Waals surface area contributed by atoms with E-state index in [-0.39, 0.29) is 24.2 Å². The van der Waals surface area contributed by atoms with Gasteiger partial charge in [-0.1, -0.05) is 12.1 Å². The molecule has 0 aliphatic rings. The van der Waals surface area contributed by atoms with Gasteiger partial charge in [0.15, 0.2) is 11.5 Å². The number of aryl methyl sites for hydroxylation is 1. The summed E-state index contributed by atoms with van der Waals surface area (Å²) >= 11 is 0. The van der Waals surface area contributed by atoms with Crippen molar-refractivity contribution in [3.8, 4) is 11.5 Å². The maximum Gasteiger partial charge on any atom is 0.387 e. The van der Waals surface area contributed by atoms with Crippen LogP contribution in [0.1, 0.15) is 12.0 Å². The van der Waals surface area contributed by atoms with E-state index in [4.69, 9.17) is 5.11 Å². The lowest BCUT2D eigenvalue weighted by atomic mass is 10.1. The number of aliphatic carboxylic acids is 1. The Morgan fingerprint density at radius 3 is 2.69 bits per heavy atom. The lowest BCUT2D eigenvalue weighted by Crippen LogP contribution is -2.06. The molecule has 0 bridgehead atoms. The zero-order chi connectivity index (χ0) is 12.1. The average Bonchev–Trinajstić information content (AvgIpc) is 2.18. The van der Waals surface area contributed by atoms with Gasteiger partial charge in [0, 0.05) is 6.42 Å². The number of ether oxygens (including phenoxy) is 1. The van der Waals surface area contributed by atoms with Crippen LogP contribution in [0.5, 0.6) is 11.5 Å². The number of halogens is 2. The molecule has 0 fully saturated rings. The van der Waals surface area contributed by atoms with Crippen LogP contribution in [0.25, 0.3) is 0 Å². The van der Waals surface area contributed by atoms with Crippen LogP contribution in [0.3, 0.4) is 0 Å². The molecule has 0 atom stereocenters. The van der Waals surface area contributed by atoms with E-state index in [1.807, 2.05) is 0 Å². The molecular formula is C10H10F2O4. The van der Waals surface area contributed by atoms with Crippen LogP contribution < -0.4 is 4.74 Å². The molecule has 4 nitrogen and oxygen atoms in total. The van der Waals surface area contributed by atoms with Crippen LogP contribution in [-0.2, 0) is 11.2 Å². The normalized spacial score (nSPS) is 10.4. The predicted molar refractivity (Wildman–Crippen MR) is 50.7 cm³/mol. The minimum absolute atomic E-state index is 0.0196. The van der Waals surface area contributed by atoms with Crippen molar-refractivity contribution in [2.45, 2.75) is 19.5 Å². The van der Waals surface area contributed by atoms with Gasteiger partial charge in [0.05, 0.1) is 0 Å². The van der Waals surface area contributed by atoms with Crippen LogP contribution in [0.15, 0.2) is 18.2 Å². The summed E-state index contributed by atoms with van der Waals surface area (Å²) in [4.78, 5) is 10.3. The molecule has 1 rings (SSSR count). The number of para-hydroxylation sites is 1. The minimum atomic E-state index is -3.06. The van der Waals surface area contributed by atoms with Gasteiger partial charge >= 0.3 is 12.6 Å². The average molecular weight is 232 g/mol. The first-order valence-electron chi connectivity index (χ1n) is 4.48. The van der Waals surface area contributed by atoms with E-state index in [2.05, 4.69) is 4.74 Å². The Hall–Kier alpha value is -1.85. The fourth-order valence-corrected chi connectivity index (χ4v) is 1.23.